The Morgan fingerprint density at radius 2 is 1.55 bits per heavy atom. The molecule has 0 saturated carbocycles. The van der Waals surface area contributed by atoms with E-state index in [0.29, 0.717) is 32.5 Å². The molecule has 0 fully saturated rings. The lowest BCUT2D eigenvalue weighted by molar-refractivity contribution is -0.128. The Labute approximate surface area is 192 Å². The predicted molar refractivity (Wildman–Crippen MR) is 128 cm³/mol. The summed E-state index contributed by atoms with van der Waals surface area (Å²) in [6.45, 7) is 1.58. The molecule has 5 nitrogen and oxygen atoms in total. The molecule has 0 unspecified atom stereocenters. The number of hydrogen-bond acceptors (Lipinski definition) is 5. The smallest absolute Gasteiger partial charge is 0.227 e. The lowest BCUT2D eigenvalue weighted by Crippen LogP contribution is -2.29. The zero-order chi connectivity index (χ0) is 21.9. The summed E-state index contributed by atoms with van der Waals surface area (Å²) in [6, 6.07) is 17.2. The second kappa shape index (κ2) is 12.1. The minimum atomic E-state index is -3.34. The third kappa shape index (κ3) is 8.57. The van der Waals surface area contributed by atoms with Crippen LogP contribution in [0.5, 0.6) is 0 Å². The summed E-state index contributed by atoms with van der Waals surface area (Å²) >= 11 is 3.30. The van der Waals surface area contributed by atoms with E-state index < -0.39 is 10.0 Å². The van der Waals surface area contributed by atoms with Crippen molar-refractivity contribution in [1.82, 2.24) is 9.62 Å². The number of nitrogens with zero attached hydrogens (tertiary/aromatic N) is 1. The van der Waals surface area contributed by atoms with Gasteiger partial charge >= 0.3 is 0 Å². The van der Waals surface area contributed by atoms with Crippen LogP contribution in [0.15, 0.2) is 65.4 Å². The SMILES string of the molecule is O=C([CH]CCCCNS(=O)(=O)Cc1ccccc1)N(Cc1cccs1)Cc1cccs1. The van der Waals surface area contributed by atoms with Crippen LogP contribution in [0.3, 0.4) is 0 Å². The Bertz CT molecular complexity index is 966. The second-order valence-electron chi connectivity index (χ2n) is 7.19. The van der Waals surface area contributed by atoms with Gasteiger partial charge in [-0.25, -0.2) is 13.1 Å². The number of carbonyl (C=O) groups is 1. The molecule has 8 heteroatoms. The number of amides is 1. The highest BCUT2D eigenvalue weighted by Gasteiger charge is 2.16. The molecule has 1 aromatic carbocycles. The fourth-order valence-electron chi connectivity index (χ4n) is 3.09. The molecule has 31 heavy (non-hydrogen) atoms. The van der Waals surface area contributed by atoms with Crippen molar-refractivity contribution in [3.63, 3.8) is 0 Å². The van der Waals surface area contributed by atoms with Crippen LogP contribution in [0.1, 0.15) is 34.6 Å². The van der Waals surface area contributed by atoms with Crippen molar-refractivity contribution >= 4 is 38.6 Å². The number of sulfonamides is 1. The van der Waals surface area contributed by atoms with Crippen LogP contribution in [0, 0.1) is 6.42 Å². The Kier molecular flexibility index (Phi) is 9.27. The minimum absolute atomic E-state index is 0.0150. The first-order valence-corrected chi connectivity index (χ1v) is 13.6. The average molecular weight is 476 g/mol. The Morgan fingerprint density at radius 3 is 2.13 bits per heavy atom. The summed E-state index contributed by atoms with van der Waals surface area (Å²) < 4.78 is 27.0. The quantitative estimate of drug-likeness (QED) is 0.360. The molecular formula is C23H27N2O3S3. The van der Waals surface area contributed by atoms with Gasteiger partial charge in [0.2, 0.25) is 15.9 Å². The summed E-state index contributed by atoms with van der Waals surface area (Å²) in [7, 11) is -3.34. The lowest BCUT2D eigenvalue weighted by atomic mass is 10.1. The van der Waals surface area contributed by atoms with Crippen molar-refractivity contribution in [1.29, 1.82) is 0 Å². The van der Waals surface area contributed by atoms with Gasteiger partial charge in [0.05, 0.1) is 18.8 Å². The first-order chi connectivity index (χ1) is 15.0. The Balaban J connectivity index is 1.38. The number of benzene rings is 1. The van der Waals surface area contributed by atoms with Crippen LogP contribution in [0.2, 0.25) is 0 Å². The molecule has 165 valence electrons. The molecule has 0 bridgehead atoms. The van der Waals surface area contributed by atoms with Gasteiger partial charge in [-0.3, -0.25) is 4.79 Å². The first kappa shape index (κ1) is 23.7. The van der Waals surface area contributed by atoms with Gasteiger partial charge in [-0.1, -0.05) is 48.9 Å². The average Bonchev–Trinajstić information content (AvgIpc) is 3.44. The van der Waals surface area contributed by atoms with E-state index in [-0.39, 0.29) is 11.7 Å². The highest BCUT2D eigenvalue weighted by atomic mass is 32.2. The van der Waals surface area contributed by atoms with Crippen molar-refractivity contribution in [3.8, 4) is 0 Å². The number of nitrogens with one attached hydrogen (secondary N) is 1. The standard InChI is InChI=1S/C23H27N2O3S3/c26-23(25(17-21-11-7-15-29-21)18-22-12-8-16-30-22)13-5-2-6-14-24-31(27,28)19-20-9-3-1-4-10-20/h1,3-4,7-13,15-16,24H,2,5-6,14,17-19H2. The monoisotopic (exact) mass is 475 g/mol. The van der Waals surface area contributed by atoms with E-state index in [2.05, 4.69) is 4.72 Å². The van der Waals surface area contributed by atoms with Crippen LogP contribution in [0.4, 0.5) is 0 Å². The molecule has 0 spiro atoms. The highest BCUT2D eigenvalue weighted by molar-refractivity contribution is 7.88. The van der Waals surface area contributed by atoms with Crippen LogP contribution >= 0.6 is 22.7 Å². The molecule has 0 aliphatic heterocycles. The van der Waals surface area contributed by atoms with Crippen LogP contribution in [0.25, 0.3) is 0 Å². The molecule has 3 rings (SSSR count). The third-order valence-corrected chi connectivity index (χ3v) is 7.72. The molecule has 3 aromatic rings. The predicted octanol–water partition coefficient (Wildman–Crippen LogP) is 4.83. The fraction of sp³-hybridized carbons (Fsp3) is 0.304. The maximum atomic E-state index is 12.8. The molecule has 2 heterocycles. The minimum Gasteiger partial charge on any atom is -0.332 e. The lowest BCUT2D eigenvalue weighted by Gasteiger charge is -2.21. The number of carbonyl (C=O) groups excluding carboxylic acids is 1. The summed E-state index contributed by atoms with van der Waals surface area (Å²) in [5.41, 5.74) is 0.769. The van der Waals surface area contributed by atoms with Crippen LogP contribution in [-0.4, -0.2) is 25.8 Å². The van der Waals surface area contributed by atoms with Crippen molar-refractivity contribution in [2.75, 3.05) is 6.54 Å². The van der Waals surface area contributed by atoms with Gasteiger partial charge < -0.3 is 4.90 Å². The zero-order valence-corrected chi connectivity index (χ0v) is 19.7. The zero-order valence-electron chi connectivity index (χ0n) is 17.3. The molecule has 2 aromatic heterocycles. The maximum Gasteiger partial charge on any atom is 0.227 e. The van der Waals surface area contributed by atoms with Gasteiger partial charge in [0.15, 0.2) is 0 Å². The van der Waals surface area contributed by atoms with Crippen molar-refractivity contribution in [2.24, 2.45) is 0 Å². The molecule has 0 saturated heterocycles. The van der Waals surface area contributed by atoms with E-state index in [1.807, 2.05) is 58.1 Å². The Hall–Kier alpha value is -2.00. The van der Waals surface area contributed by atoms with Crippen molar-refractivity contribution in [3.05, 3.63) is 87.1 Å². The largest absolute Gasteiger partial charge is 0.332 e. The van der Waals surface area contributed by atoms with Gasteiger partial charge in [-0.05, 0) is 41.3 Å². The molecule has 1 N–H and O–H groups in total. The van der Waals surface area contributed by atoms with Crippen LogP contribution in [-0.2, 0) is 33.7 Å². The van der Waals surface area contributed by atoms with E-state index in [4.69, 9.17) is 0 Å². The van der Waals surface area contributed by atoms with Gasteiger partial charge in [0.1, 0.15) is 0 Å². The van der Waals surface area contributed by atoms with Crippen molar-refractivity contribution < 1.29 is 13.2 Å². The molecule has 1 amide bonds. The maximum absolute atomic E-state index is 12.8. The van der Waals surface area contributed by atoms with Gasteiger partial charge in [0.25, 0.3) is 0 Å². The summed E-state index contributed by atoms with van der Waals surface area (Å²) in [6.07, 6.45) is 3.80. The first-order valence-electron chi connectivity index (χ1n) is 10.2. The Morgan fingerprint density at radius 1 is 0.903 bits per heavy atom. The second-order valence-corrected chi connectivity index (χ2v) is 11.1. The summed E-state index contributed by atoms with van der Waals surface area (Å²) in [5.74, 6) is 0.00484. The summed E-state index contributed by atoms with van der Waals surface area (Å²) in [4.78, 5) is 16.9. The van der Waals surface area contributed by atoms with Gasteiger partial charge in [-0.2, -0.15) is 0 Å². The fourth-order valence-corrected chi connectivity index (χ4v) is 5.72. The summed E-state index contributed by atoms with van der Waals surface area (Å²) in [5, 5.41) is 4.04. The van der Waals surface area contributed by atoms with Gasteiger partial charge in [0, 0.05) is 22.7 Å². The molecule has 1 radical (unpaired) electrons. The van der Waals surface area contributed by atoms with Gasteiger partial charge in [-0.15, -0.1) is 22.7 Å². The topological polar surface area (TPSA) is 66.5 Å². The number of thiophene rings is 2. The molecular weight excluding hydrogens is 448 g/mol. The molecule has 0 aliphatic rings. The van der Waals surface area contributed by atoms with E-state index >= 15 is 0 Å². The van der Waals surface area contributed by atoms with E-state index in [1.54, 1.807) is 41.2 Å². The highest BCUT2D eigenvalue weighted by Crippen LogP contribution is 2.18. The van der Waals surface area contributed by atoms with E-state index in [9.17, 15) is 13.2 Å². The molecule has 0 aliphatic carbocycles. The van der Waals surface area contributed by atoms with E-state index in [0.717, 1.165) is 21.7 Å². The van der Waals surface area contributed by atoms with Crippen molar-refractivity contribution in [2.45, 2.75) is 38.1 Å². The number of unbranched alkanes of at least 4 members (excludes halogenated alkanes) is 2. The van der Waals surface area contributed by atoms with Crippen LogP contribution < -0.4 is 4.72 Å². The number of hydrogen-bond donors (Lipinski definition) is 1. The normalized spacial score (nSPS) is 11.5. The third-order valence-electron chi connectivity index (χ3n) is 4.64. The van der Waals surface area contributed by atoms with E-state index in [1.165, 1.54) is 0 Å². The molecule has 0 atom stereocenters. The number of rotatable bonds is 13.